The van der Waals surface area contributed by atoms with Crippen molar-refractivity contribution >= 4 is 5.97 Å². The molecule has 0 bridgehead atoms. The number of carboxylic acid groups (broad SMARTS) is 1. The number of carbonyl (C=O) groups is 1. The highest BCUT2D eigenvalue weighted by Crippen LogP contribution is 2.15. The molecule has 0 amide bonds. The number of rotatable bonds is 44. The monoisotopic (exact) mass is 773 g/mol. The zero-order valence-electron chi connectivity index (χ0n) is 36.7. The molecule has 0 spiro atoms. The topological polar surface area (TPSA) is 118 Å². The van der Waals surface area contributed by atoms with E-state index < -0.39 is 5.97 Å². The highest BCUT2D eigenvalue weighted by atomic mass is 16.4. The Morgan fingerprint density at radius 1 is 0.259 bits per heavy atom. The van der Waals surface area contributed by atoms with E-state index in [0.29, 0.717) is 32.8 Å². The number of aliphatic hydroxyl groups is 4. The number of unbranched alkanes of at least 4 members (excludes halogenated alkanes) is 38. The van der Waals surface area contributed by atoms with Crippen LogP contribution in [0.15, 0.2) is 0 Å². The van der Waals surface area contributed by atoms with Crippen molar-refractivity contribution in [1.82, 2.24) is 0 Å². The van der Waals surface area contributed by atoms with Crippen LogP contribution in [0.1, 0.15) is 277 Å². The first kappa shape index (κ1) is 57.6. The Morgan fingerprint density at radius 3 is 0.556 bits per heavy atom. The molecule has 6 heteroatoms. The summed E-state index contributed by atoms with van der Waals surface area (Å²) in [5, 5.41) is 43.1. The fraction of sp³-hybridized carbons (Fsp3) is 0.979. The zero-order valence-corrected chi connectivity index (χ0v) is 36.7. The molecule has 0 fully saturated rings. The molecule has 0 aliphatic carbocycles. The van der Waals surface area contributed by atoms with Crippen molar-refractivity contribution < 1.29 is 30.3 Å². The second kappa shape index (κ2) is 59.0. The molecule has 0 aromatic rings. The number of aliphatic carboxylic acids is 1. The van der Waals surface area contributed by atoms with E-state index in [9.17, 15) is 4.79 Å². The summed E-state index contributed by atoms with van der Waals surface area (Å²) in [4.78, 5) is 10.2. The van der Waals surface area contributed by atoms with Gasteiger partial charge >= 0.3 is 5.97 Å². The third-order valence-electron chi connectivity index (χ3n) is 10.6. The van der Waals surface area contributed by atoms with Gasteiger partial charge in [-0.05, 0) is 32.1 Å². The second-order valence-electron chi connectivity index (χ2n) is 16.2. The van der Waals surface area contributed by atoms with Gasteiger partial charge in [0.15, 0.2) is 0 Å². The van der Waals surface area contributed by atoms with E-state index in [1.165, 1.54) is 225 Å². The summed E-state index contributed by atoms with van der Waals surface area (Å²) >= 11 is 0. The maximum absolute atomic E-state index is 10.2. The normalized spacial score (nSPS) is 10.9. The highest BCUT2D eigenvalue weighted by Gasteiger charge is 1.98. The summed E-state index contributed by atoms with van der Waals surface area (Å²) in [6.45, 7) is 3.68. The Bertz CT molecular complexity index is 544. The van der Waals surface area contributed by atoms with Gasteiger partial charge in [-0.15, -0.1) is 0 Å². The summed E-state index contributed by atoms with van der Waals surface area (Å²) in [5.41, 5.74) is 0. The third kappa shape index (κ3) is 66.1. The van der Waals surface area contributed by atoms with Gasteiger partial charge in [0.1, 0.15) is 0 Å². The first-order valence-electron chi connectivity index (χ1n) is 24.3. The van der Waals surface area contributed by atoms with Crippen molar-refractivity contribution in [3.8, 4) is 0 Å². The average molecular weight is 773 g/mol. The maximum Gasteiger partial charge on any atom is 0.303 e. The van der Waals surface area contributed by atoms with Gasteiger partial charge in [-0.3, -0.25) is 4.79 Å². The van der Waals surface area contributed by atoms with Gasteiger partial charge in [0, 0.05) is 32.8 Å². The van der Waals surface area contributed by atoms with Gasteiger partial charge in [-0.1, -0.05) is 238 Å². The molecule has 0 radical (unpaired) electrons. The van der Waals surface area contributed by atoms with Crippen LogP contribution in [0.25, 0.3) is 0 Å². The molecule has 0 unspecified atom stereocenters. The molecule has 0 saturated carbocycles. The molecule has 0 heterocycles. The van der Waals surface area contributed by atoms with Crippen molar-refractivity contribution in [2.75, 3.05) is 26.4 Å². The quantitative estimate of drug-likeness (QED) is 0.0394. The Hall–Kier alpha value is -0.690. The Balaban J connectivity index is -0.000000736. The average Bonchev–Trinajstić information content (AvgIpc) is 3.17. The fourth-order valence-corrected chi connectivity index (χ4v) is 6.98. The van der Waals surface area contributed by atoms with Crippen molar-refractivity contribution in [2.24, 2.45) is 0 Å². The van der Waals surface area contributed by atoms with Gasteiger partial charge in [0.05, 0.1) is 0 Å². The van der Waals surface area contributed by atoms with Crippen LogP contribution in [0.3, 0.4) is 0 Å². The van der Waals surface area contributed by atoms with Crippen LogP contribution in [0, 0.1) is 0 Å². The number of hydrogen-bond donors (Lipinski definition) is 5. The van der Waals surface area contributed by atoms with Gasteiger partial charge in [0.2, 0.25) is 0 Å². The lowest BCUT2D eigenvalue weighted by molar-refractivity contribution is -0.137. The Labute approximate surface area is 338 Å². The number of carboxylic acids is 1. The molecule has 6 nitrogen and oxygen atoms in total. The predicted molar refractivity (Wildman–Crippen MR) is 236 cm³/mol. The maximum atomic E-state index is 10.2. The van der Waals surface area contributed by atoms with Crippen molar-refractivity contribution in [2.45, 2.75) is 277 Å². The van der Waals surface area contributed by atoms with Crippen LogP contribution < -0.4 is 0 Å². The van der Waals surface area contributed by atoms with Crippen LogP contribution >= 0.6 is 0 Å². The molecule has 0 rings (SSSR count). The van der Waals surface area contributed by atoms with E-state index in [4.69, 9.17) is 25.5 Å². The van der Waals surface area contributed by atoms with Crippen molar-refractivity contribution in [1.29, 1.82) is 0 Å². The first-order chi connectivity index (χ1) is 26.6. The molecule has 0 aromatic carbocycles. The molecule has 0 aromatic heterocycles. The third-order valence-corrected chi connectivity index (χ3v) is 10.6. The van der Waals surface area contributed by atoms with E-state index in [2.05, 4.69) is 6.92 Å². The standard InChI is InChI=1S/2C18H38O2.C12H24O2/c2*19-17-15-13-11-9-7-5-3-1-2-4-6-8-10-12-14-16-18-20;1-2-3-4-5-6-7-8-9-10-11-12(13)14/h2*19-20H,1-18H2;2-11H2,1H3,(H,13,14). The largest absolute Gasteiger partial charge is 0.481 e. The van der Waals surface area contributed by atoms with Crippen LogP contribution in [0.2, 0.25) is 0 Å². The van der Waals surface area contributed by atoms with E-state index in [1.807, 2.05) is 0 Å². The summed E-state index contributed by atoms with van der Waals surface area (Å²) in [5.74, 6) is -0.659. The molecular formula is C48H100O6. The first-order valence-corrected chi connectivity index (χ1v) is 24.3. The van der Waals surface area contributed by atoms with Crippen molar-refractivity contribution in [3.05, 3.63) is 0 Å². The molecular weight excluding hydrogens is 673 g/mol. The summed E-state index contributed by atoms with van der Waals surface area (Å²) in [7, 11) is 0. The Kier molecular flexibility index (Phi) is 63.0. The van der Waals surface area contributed by atoms with Crippen LogP contribution in [-0.2, 0) is 4.79 Å². The fourth-order valence-electron chi connectivity index (χ4n) is 6.98. The number of hydrogen-bond acceptors (Lipinski definition) is 5. The SMILES string of the molecule is CCCCCCCCCCCC(=O)O.OCCCCCCCCCCCCCCCCCCO.OCCCCCCCCCCCCCCCCCCO. The van der Waals surface area contributed by atoms with Gasteiger partial charge in [-0.25, -0.2) is 0 Å². The molecule has 0 aliphatic rings. The van der Waals surface area contributed by atoms with Crippen molar-refractivity contribution in [3.63, 3.8) is 0 Å². The van der Waals surface area contributed by atoms with E-state index in [0.717, 1.165) is 38.5 Å². The van der Waals surface area contributed by atoms with E-state index in [1.54, 1.807) is 0 Å². The van der Waals surface area contributed by atoms with Gasteiger partial charge in [-0.2, -0.15) is 0 Å². The van der Waals surface area contributed by atoms with Crippen LogP contribution in [-0.4, -0.2) is 57.9 Å². The smallest absolute Gasteiger partial charge is 0.303 e. The van der Waals surface area contributed by atoms with Gasteiger partial charge in [0.25, 0.3) is 0 Å². The minimum atomic E-state index is -0.659. The summed E-state index contributed by atoms with van der Waals surface area (Å²) in [6, 6.07) is 0. The molecule has 0 aliphatic heterocycles. The molecule has 5 N–H and O–H groups in total. The molecule has 54 heavy (non-hydrogen) atoms. The second-order valence-corrected chi connectivity index (χ2v) is 16.2. The summed E-state index contributed by atoms with van der Waals surface area (Å²) < 4.78 is 0. The molecule has 0 atom stereocenters. The minimum absolute atomic E-state index is 0.343. The lowest BCUT2D eigenvalue weighted by Crippen LogP contribution is -1.93. The predicted octanol–water partition coefficient (Wildman–Crippen LogP) is 14.4. The minimum Gasteiger partial charge on any atom is -0.481 e. The van der Waals surface area contributed by atoms with E-state index >= 15 is 0 Å². The zero-order chi connectivity index (χ0) is 40.1. The lowest BCUT2D eigenvalue weighted by Gasteiger charge is -2.03. The highest BCUT2D eigenvalue weighted by molar-refractivity contribution is 5.66. The Morgan fingerprint density at radius 2 is 0.407 bits per heavy atom. The molecule has 328 valence electrons. The van der Waals surface area contributed by atoms with E-state index in [-0.39, 0.29) is 0 Å². The van der Waals surface area contributed by atoms with Crippen LogP contribution in [0.5, 0.6) is 0 Å². The lowest BCUT2D eigenvalue weighted by atomic mass is 10.0. The molecule has 0 saturated heterocycles. The summed E-state index contributed by atoms with van der Waals surface area (Å²) in [6.07, 6.45) is 53.3. The number of aliphatic hydroxyl groups excluding tert-OH is 4. The van der Waals surface area contributed by atoms with Gasteiger partial charge < -0.3 is 25.5 Å². The van der Waals surface area contributed by atoms with Crippen LogP contribution in [0.4, 0.5) is 0 Å².